The molecule has 20 heavy (non-hydrogen) atoms. The monoisotopic (exact) mass is 358 g/mol. The lowest BCUT2D eigenvalue weighted by molar-refractivity contribution is -0.384. The van der Waals surface area contributed by atoms with Crippen LogP contribution in [0.15, 0.2) is 34.1 Å². The Morgan fingerprint density at radius 2 is 2.20 bits per heavy atom. The number of halogens is 2. The molecule has 1 N–H and O–H groups in total. The first kappa shape index (κ1) is 14.6. The molecule has 0 atom stereocenters. The summed E-state index contributed by atoms with van der Waals surface area (Å²) in [4.78, 5) is 22.7. The maximum atomic E-state index is 13.5. The van der Waals surface area contributed by atoms with Crippen molar-refractivity contribution >= 4 is 38.9 Å². The highest BCUT2D eigenvalue weighted by Crippen LogP contribution is 2.20. The summed E-state index contributed by atoms with van der Waals surface area (Å²) in [5.74, 6) is -1.48. The van der Waals surface area contributed by atoms with E-state index in [1.54, 1.807) is 0 Å². The van der Waals surface area contributed by atoms with Crippen molar-refractivity contribution in [2.45, 2.75) is 6.54 Å². The summed E-state index contributed by atoms with van der Waals surface area (Å²) < 4.78 is 14.4. The van der Waals surface area contributed by atoms with Gasteiger partial charge < -0.3 is 5.32 Å². The summed E-state index contributed by atoms with van der Waals surface area (Å²) in [6.07, 6.45) is 0. The van der Waals surface area contributed by atoms with Gasteiger partial charge in [-0.15, -0.1) is 11.3 Å². The van der Waals surface area contributed by atoms with Gasteiger partial charge in [-0.2, -0.15) is 0 Å². The van der Waals surface area contributed by atoms with E-state index < -0.39 is 16.6 Å². The Kier molecular flexibility index (Phi) is 4.46. The molecular weight excluding hydrogens is 351 g/mol. The third-order valence-electron chi connectivity index (χ3n) is 2.45. The number of amides is 1. The maximum absolute atomic E-state index is 13.5. The molecule has 104 valence electrons. The molecule has 1 aromatic carbocycles. The Hall–Kier alpha value is -1.80. The Balaban J connectivity index is 2.12. The first-order chi connectivity index (χ1) is 9.47. The molecule has 1 heterocycles. The first-order valence-electron chi connectivity index (χ1n) is 5.42. The summed E-state index contributed by atoms with van der Waals surface area (Å²) >= 11 is 4.72. The van der Waals surface area contributed by atoms with Gasteiger partial charge in [0.05, 0.1) is 17.0 Å². The summed E-state index contributed by atoms with van der Waals surface area (Å²) in [5, 5.41) is 15.0. The second-order valence-electron chi connectivity index (χ2n) is 3.84. The Bertz CT molecular complexity index is 674. The molecule has 0 fully saturated rings. The van der Waals surface area contributed by atoms with Crippen LogP contribution in [0.4, 0.5) is 10.1 Å². The maximum Gasteiger partial charge on any atom is 0.270 e. The minimum atomic E-state index is -0.791. The zero-order valence-corrected chi connectivity index (χ0v) is 12.3. The van der Waals surface area contributed by atoms with Gasteiger partial charge in [0.15, 0.2) is 0 Å². The number of nitro groups is 1. The lowest BCUT2D eigenvalue weighted by Crippen LogP contribution is -2.23. The van der Waals surface area contributed by atoms with Gasteiger partial charge in [0.1, 0.15) is 5.82 Å². The van der Waals surface area contributed by atoms with E-state index in [-0.39, 0.29) is 17.8 Å². The number of carbonyl (C=O) groups is 1. The van der Waals surface area contributed by atoms with E-state index in [0.717, 1.165) is 27.5 Å². The molecule has 0 aliphatic carbocycles. The molecule has 5 nitrogen and oxygen atoms in total. The van der Waals surface area contributed by atoms with Crippen LogP contribution in [0.1, 0.15) is 15.2 Å². The van der Waals surface area contributed by atoms with E-state index >= 15 is 0 Å². The molecule has 2 aromatic rings. The van der Waals surface area contributed by atoms with Crippen LogP contribution >= 0.6 is 27.3 Å². The quantitative estimate of drug-likeness (QED) is 0.671. The van der Waals surface area contributed by atoms with Crippen molar-refractivity contribution in [1.82, 2.24) is 5.32 Å². The second kappa shape index (κ2) is 6.10. The summed E-state index contributed by atoms with van der Waals surface area (Å²) in [5.41, 5.74) is -0.662. The van der Waals surface area contributed by atoms with E-state index in [2.05, 4.69) is 21.2 Å². The van der Waals surface area contributed by atoms with Crippen LogP contribution < -0.4 is 5.32 Å². The number of carbonyl (C=O) groups excluding carboxylic acids is 1. The largest absolute Gasteiger partial charge is 0.347 e. The number of nitro benzene ring substituents is 1. The van der Waals surface area contributed by atoms with Crippen LogP contribution in [-0.2, 0) is 6.54 Å². The molecule has 0 unspecified atom stereocenters. The molecule has 0 saturated heterocycles. The zero-order chi connectivity index (χ0) is 14.7. The average Bonchev–Trinajstić information content (AvgIpc) is 2.82. The fraction of sp³-hybridized carbons (Fsp3) is 0.0833. The number of nitrogens with one attached hydrogen (secondary N) is 1. The second-order valence-corrected chi connectivity index (χ2v) is 5.75. The van der Waals surface area contributed by atoms with Crippen LogP contribution in [-0.4, -0.2) is 10.8 Å². The van der Waals surface area contributed by atoms with Crippen molar-refractivity contribution in [1.29, 1.82) is 0 Å². The molecule has 2 rings (SSSR count). The van der Waals surface area contributed by atoms with E-state index in [0.29, 0.717) is 0 Å². The third-order valence-corrected chi connectivity index (χ3v) is 4.15. The molecule has 1 aromatic heterocycles. The number of nitrogens with zero attached hydrogens (tertiary/aromatic N) is 1. The van der Waals surface area contributed by atoms with Crippen molar-refractivity contribution in [2.24, 2.45) is 0 Å². The lowest BCUT2D eigenvalue weighted by atomic mass is 10.1. The fourth-order valence-corrected chi connectivity index (χ4v) is 2.90. The normalized spacial score (nSPS) is 10.3. The molecule has 0 saturated carbocycles. The SMILES string of the molecule is O=C(NCc1cc(Br)cs1)c1cc([N+](=O)[O-])ccc1F. The molecular formula is C12H8BrFN2O3S. The van der Waals surface area contributed by atoms with Crippen molar-refractivity contribution in [2.75, 3.05) is 0 Å². The third kappa shape index (κ3) is 3.40. The number of benzene rings is 1. The molecule has 0 aliphatic rings. The zero-order valence-electron chi connectivity index (χ0n) is 9.93. The van der Waals surface area contributed by atoms with Crippen LogP contribution in [0.5, 0.6) is 0 Å². The smallest absolute Gasteiger partial charge is 0.270 e. The molecule has 1 amide bonds. The molecule has 0 spiro atoms. The fourth-order valence-electron chi connectivity index (χ4n) is 1.51. The van der Waals surface area contributed by atoms with Gasteiger partial charge in [0.25, 0.3) is 11.6 Å². The number of thiophene rings is 1. The van der Waals surface area contributed by atoms with Crippen molar-refractivity contribution in [3.63, 3.8) is 0 Å². The standard InChI is InChI=1S/C12H8BrFN2O3S/c13-7-3-9(20-6-7)5-15-12(17)10-4-8(16(18)19)1-2-11(10)14/h1-4,6H,5H2,(H,15,17). The van der Waals surface area contributed by atoms with E-state index in [1.807, 2.05) is 11.4 Å². The highest BCUT2D eigenvalue weighted by Gasteiger charge is 2.16. The predicted octanol–water partition coefficient (Wildman–Crippen LogP) is 3.49. The van der Waals surface area contributed by atoms with Gasteiger partial charge in [0, 0.05) is 26.9 Å². The summed E-state index contributed by atoms with van der Waals surface area (Å²) in [6, 6.07) is 4.68. The van der Waals surface area contributed by atoms with Crippen LogP contribution in [0.2, 0.25) is 0 Å². The summed E-state index contributed by atoms with van der Waals surface area (Å²) in [7, 11) is 0. The number of non-ortho nitro benzene ring substituents is 1. The Morgan fingerprint density at radius 3 is 2.80 bits per heavy atom. The van der Waals surface area contributed by atoms with Gasteiger partial charge >= 0.3 is 0 Å². The predicted molar refractivity (Wildman–Crippen MR) is 76.2 cm³/mol. The molecule has 0 radical (unpaired) electrons. The number of hydrogen-bond acceptors (Lipinski definition) is 4. The van der Waals surface area contributed by atoms with Crippen molar-refractivity contribution in [3.8, 4) is 0 Å². The van der Waals surface area contributed by atoms with Gasteiger partial charge in [-0.05, 0) is 28.1 Å². The molecule has 0 bridgehead atoms. The Morgan fingerprint density at radius 1 is 1.45 bits per heavy atom. The molecule has 8 heteroatoms. The van der Waals surface area contributed by atoms with Crippen molar-refractivity contribution in [3.05, 3.63) is 60.5 Å². The Labute approximate surface area is 125 Å². The first-order valence-corrected chi connectivity index (χ1v) is 7.09. The average molecular weight is 359 g/mol. The topological polar surface area (TPSA) is 72.2 Å². The van der Waals surface area contributed by atoms with Crippen LogP contribution in [0.3, 0.4) is 0 Å². The molecule has 0 aliphatic heterocycles. The van der Waals surface area contributed by atoms with Crippen LogP contribution in [0.25, 0.3) is 0 Å². The van der Waals surface area contributed by atoms with E-state index in [1.165, 1.54) is 11.3 Å². The van der Waals surface area contributed by atoms with Gasteiger partial charge in [-0.1, -0.05) is 0 Å². The number of hydrogen-bond donors (Lipinski definition) is 1. The van der Waals surface area contributed by atoms with Gasteiger partial charge in [-0.25, -0.2) is 4.39 Å². The highest BCUT2D eigenvalue weighted by molar-refractivity contribution is 9.10. The number of rotatable bonds is 4. The van der Waals surface area contributed by atoms with Crippen molar-refractivity contribution < 1.29 is 14.1 Å². The van der Waals surface area contributed by atoms with E-state index in [4.69, 9.17) is 0 Å². The van der Waals surface area contributed by atoms with E-state index in [9.17, 15) is 19.3 Å². The van der Waals surface area contributed by atoms with Gasteiger partial charge in [0.2, 0.25) is 0 Å². The minimum absolute atomic E-state index is 0.233. The minimum Gasteiger partial charge on any atom is -0.347 e. The highest BCUT2D eigenvalue weighted by atomic mass is 79.9. The van der Waals surface area contributed by atoms with Crippen LogP contribution in [0, 0.1) is 15.9 Å². The summed E-state index contributed by atoms with van der Waals surface area (Å²) in [6.45, 7) is 0.233. The van der Waals surface area contributed by atoms with Gasteiger partial charge in [-0.3, -0.25) is 14.9 Å². The lowest BCUT2D eigenvalue weighted by Gasteiger charge is -2.04.